The standard InChI is InChI=1S/C15H19N/c1-11-5-4-6-12(9-11)14-10-16-15-8-3-2-7-13(14)15/h2-3,7-8,10-12,16H,4-6,9H2,1H3. The summed E-state index contributed by atoms with van der Waals surface area (Å²) in [5.41, 5.74) is 2.83. The first-order valence-electron chi connectivity index (χ1n) is 6.40. The van der Waals surface area contributed by atoms with Crippen LogP contribution in [0.2, 0.25) is 0 Å². The SMILES string of the molecule is CC1CCCC(c2c[nH]c3ccccc23)C1. The molecular weight excluding hydrogens is 194 g/mol. The van der Waals surface area contributed by atoms with Crippen LogP contribution in [0.1, 0.15) is 44.1 Å². The predicted molar refractivity (Wildman–Crippen MR) is 68.7 cm³/mol. The summed E-state index contributed by atoms with van der Waals surface area (Å²) < 4.78 is 0. The number of hydrogen-bond acceptors (Lipinski definition) is 0. The minimum Gasteiger partial charge on any atom is -0.361 e. The van der Waals surface area contributed by atoms with Gasteiger partial charge in [-0.25, -0.2) is 0 Å². The zero-order valence-electron chi connectivity index (χ0n) is 9.87. The summed E-state index contributed by atoms with van der Waals surface area (Å²) in [6, 6.07) is 8.67. The van der Waals surface area contributed by atoms with Gasteiger partial charge in [0.05, 0.1) is 0 Å². The number of hydrogen-bond donors (Lipinski definition) is 1. The first-order chi connectivity index (χ1) is 7.84. The highest BCUT2D eigenvalue weighted by Gasteiger charge is 2.22. The molecule has 2 unspecified atom stereocenters. The van der Waals surface area contributed by atoms with Crippen molar-refractivity contribution >= 4 is 10.9 Å². The van der Waals surface area contributed by atoms with Crippen LogP contribution in [-0.2, 0) is 0 Å². The Hall–Kier alpha value is -1.24. The lowest BCUT2D eigenvalue weighted by molar-refractivity contribution is 0.345. The van der Waals surface area contributed by atoms with E-state index in [4.69, 9.17) is 0 Å². The largest absolute Gasteiger partial charge is 0.361 e. The van der Waals surface area contributed by atoms with E-state index in [2.05, 4.69) is 42.4 Å². The summed E-state index contributed by atoms with van der Waals surface area (Å²) in [5, 5.41) is 1.43. The zero-order chi connectivity index (χ0) is 11.0. The number of fused-ring (bicyclic) bond motifs is 1. The highest BCUT2D eigenvalue weighted by molar-refractivity contribution is 5.83. The lowest BCUT2D eigenvalue weighted by Gasteiger charge is -2.26. The van der Waals surface area contributed by atoms with E-state index in [0.29, 0.717) is 0 Å². The molecule has 1 saturated carbocycles. The number of rotatable bonds is 1. The average molecular weight is 213 g/mol. The van der Waals surface area contributed by atoms with Gasteiger partial charge >= 0.3 is 0 Å². The van der Waals surface area contributed by atoms with Crippen LogP contribution in [0.3, 0.4) is 0 Å². The molecule has 0 bridgehead atoms. The molecule has 0 amide bonds. The molecule has 0 spiro atoms. The van der Waals surface area contributed by atoms with E-state index in [1.165, 1.54) is 36.6 Å². The number of benzene rings is 1. The van der Waals surface area contributed by atoms with E-state index < -0.39 is 0 Å². The fraction of sp³-hybridized carbons (Fsp3) is 0.467. The number of aromatic amines is 1. The lowest BCUT2D eigenvalue weighted by atomic mass is 9.79. The predicted octanol–water partition coefficient (Wildman–Crippen LogP) is 4.46. The second-order valence-electron chi connectivity index (χ2n) is 5.26. The summed E-state index contributed by atoms with van der Waals surface area (Å²) in [6.45, 7) is 2.39. The van der Waals surface area contributed by atoms with Gasteiger partial charge in [-0.05, 0) is 36.3 Å². The smallest absolute Gasteiger partial charge is 0.0456 e. The Labute approximate surface area is 96.9 Å². The van der Waals surface area contributed by atoms with Crippen LogP contribution in [0.4, 0.5) is 0 Å². The quantitative estimate of drug-likeness (QED) is 0.719. The van der Waals surface area contributed by atoms with Gasteiger partial charge in [-0.3, -0.25) is 0 Å². The van der Waals surface area contributed by atoms with Crippen molar-refractivity contribution in [2.75, 3.05) is 0 Å². The van der Waals surface area contributed by atoms with Gasteiger partial charge < -0.3 is 4.98 Å². The molecule has 84 valence electrons. The average Bonchev–Trinajstić information content (AvgIpc) is 2.72. The normalized spacial score (nSPS) is 26.1. The molecule has 0 aliphatic heterocycles. The van der Waals surface area contributed by atoms with E-state index in [-0.39, 0.29) is 0 Å². The Morgan fingerprint density at radius 3 is 2.94 bits per heavy atom. The Bertz CT molecular complexity index is 483. The van der Waals surface area contributed by atoms with E-state index in [9.17, 15) is 0 Å². The maximum Gasteiger partial charge on any atom is 0.0456 e. The number of para-hydroxylation sites is 1. The van der Waals surface area contributed by atoms with Gasteiger partial charge in [-0.1, -0.05) is 38.0 Å². The van der Waals surface area contributed by atoms with Crippen molar-refractivity contribution in [3.05, 3.63) is 36.0 Å². The second kappa shape index (κ2) is 3.97. The molecule has 1 heterocycles. The molecule has 1 aliphatic rings. The highest BCUT2D eigenvalue weighted by atomic mass is 14.7. The molecular formula is C15H19N. The van der Waals surface area contributed by atoms with Crippen molar-refractivity contribution in [3.63, 3.8) is 0 Å². The number of nitrogens with one attached hydrogen (secondary N) is 1. The van der Waals surface area contributed by atoms with Crippen molar-refractivity contribution < 1.29 is 0 Å². The summed E-state index contributed by atoms with van der Waals surface area (Å²) >= 11 is 0. The first kappa shape index (κ1) is 9.95. The summed E-state index contributed by atoms with van der Waals surface area (Å²) in [4.78, 5) is 3.40. The van der Waals surface area contributed by atoms with Crippen molar-refractivity contribution in [3.8, 4) is 0 Å². The topological polar surface area (TPSA) is 15.8 Å². The Balaban J connectivity index is 1.99. The molecule has 1 aromatic heterocycles. The van der Waals surface area contributed by atoms with Crippen molar-refractivity contribution in [1.82, 2.24) is 4.98 Å². The van der Waals surface area contributed by atoms with Gasteiger partial charge in [0, 0.05) is 17.1 Å². The molecule has 1 heteroatoms. The number of aromatic nitrogens is 1. The van der Waals surface area contributed by atoms with E-state index in [1.807, 2.05) is 0 Å². The van der Waals surface area contributed by atoms with Gasteiger partial charge in [0.2, 0.25) is 0 Å². The monoisotopic (exact) mass is 213 g/mol. The van der Waals surface area contributed by atoms with Crippen LogP contribution in [0.25, 0.3) is 10.9 Å². The Morgan fingerprint density at radius 1 is 1.19 bits per heavy atom. The van der Waals surface area contributed by atoms with Crippen molar-refractivity contribution in [2.45, 2.75) is 38.5 Å². The molecule has 3 rings (SSSR count). The number of H-pyrrole nitrogens is 1. The molecule has 0 saturated heterocycles. The first-order valence-corrected chi connectivity index (χ1v) is 6.40. The van der Waals surface area contributed by atoms with E-state index in [0.717, 1.165) is 11.8 Å². The summed E-state index contributed by atoms with van der Waals surface area (Å²) in [7, 11) is 0. The minimum absolute atomic E-state index is 0.778. The van der Waals surface area contributed by atoms with E-state index in [1.54, 1.807) is 5.56 Å². The van der Waals surface area contributed by atoms with Gasteiger partial charge in [0.25, 0.3) is 0 Å². The van der Waals surface area contributed by atoms with Gasteiger partial charge in [0.1, 0.15) is 0 Å². The fourth-order valence-corrected chi connectivity index (χ4v) is 3.15. The van der Waals surface area contributed by atoms with Crippen LogP contribution in [0, 0.1) is 5.92 Å². The third kappa shape index (κ3) is 1.64. The molecule has 0 radical (unpaired) electrons. The Morgan fingerprint density at radius 2 is 2.06 bits per heavy atom. The summed E-state index contributed by atoms with van der Waals surface area (Å²) in [5.74, 6) is 1.67. The molecule has 16 heavy (non-hydrogen) atoms. The fourth-order valence-electron chi connectivity index (χ4n) is 3.15. The molecule has 2 aromatic rings. The van der Waals surface area contributed by atoms with Crippen LogP contribution in [0.5, 0.6) is 0 Å². The van der Waals surface area contributed by atoms with Gasteiger partial charge in [0.15, 0.2) is 0 Å². The molecule has 2 atom stereocenters. The molecule has 1 aliphatic carbocycles. The molecule has 1 nitrogen and oxygen atoms in total. The van der Waals surface area contributed by atoms with Crippen LogP contribution in [0.15, 0.2) is 30.5 Å². The second-order valence-corrected chi connectivity index (χ2v) is 5.26. The Kier molecular flexibility index (Phi) is 2.47. The summed E-state index contributed by atoms with van der Waals surface area (Å²) in [6.07, 6.45) is 7.77. The minimum atomic E-state index is 0.778. The van der Waals surface area contributed by atoms with E-state index >= 15 is 0 Å². The van der Waals surface area contributed by atoms with Crippen LogP contribution >= 0.6 is 0 Å². The van der Waals surface area contributed by atoms with Crippen molar-refractivity contribution in [2.24, 2.45) is 5.92 Å². The molecule has 1 aromatic carbocycles. The highest BCUT2D eigenvalue weighted by Crippen LogP contribution is 2.38. The van der Waals surface area contributed by atoms with Gasteiger partial charge in [-0.2, -0.15) is 0 Å². The third-order valence-corrected chi connectivity index (χ3v) is 4.00. The van der Waals surface area contributed by atoms with Crippen LogP contribution < -0.4 is 0 Å². The third-order valence-electron chi connectivity index (χ3n) is 4.00. The maximum absolute atomic E-state index is 3.40. The maximum atomic E-state index is 3.40. The van der Waals surface area contributed by atoms with Crippen LogP contribution in [-0.4, -0.2) is 4.98 Å². The lowest BCUT2D eigenvalue weighted by Crippen LogP contribution is -2.11. The zero-order valence-corrected chi connectivity index (χ0v) is 9.87. The molecule has 1 N–H and O–H groups in total. The van der Waals surface area contributed by atoms with Crippen molar-refractivity contribution in [1.29, 1.82) is 0 Å². The molecule has 1 fully saturated rings. The van der Waals surface area contributed by atoms with Gasteiger partial charge in [-0.15, -0.1) is 0 Å².